The predicted octanol–water partition coefficient (Wildman–Crippen LogP) is 2.74. The monoisotopic (exact) mass is 327 g/mol. The Morgan fingerprint density at radius 2 is 2.11 bits per heavy atom. The van der Waals surface area contributed by atoms with Crippen LogP contribution in [0.1, 0.15) is 10.5 Å². The second-order valence-corrected chi connectivity index (χ2v) is 4.48. The van der Waals surface area contributed by atoms with Gasteiger partial charge in [-0.1, -0.05) is 11.6 Å². The van der Waals surface area contributed by atoms with E-state index in [9.17, 15) is 4.79 Å². The van der Waals surface area contributed by atoms with Crippen LogP contribution in [0.5, 0.6) is 0 Å². The second-order valence-electron chi connectivity index (χ2n) is 3.28. The largest absolute Gasteiger partial charge is 0.464 e. The number of ether oxygens (including phenoxy) is 1. The number of nitrogens with zero attached hydrogens (tertiary/aromatic N) is 3. The zero-order valence-corrected chi connectivity index (χ0v) is 11.6. The number of methoxy groups -OCH3 is 1. The van der Waals surface area contributed by atoms with Crippen LogP contribution in [-0.4, -0.2) is 28.0 Å². The predicted molar refractivity (Wildman–Crippen MR) is 69.3 cm³/mol. The zero-order chi connectivity index (χ0) is 13.1. The van der Waals surface area contributed by atoms with Crippen LogP contribution < -0.4 is 0 Å². The molecule has 0 N–H and O–H groups in total. The SMILES string of the molecule is COC(=O)c1cncc(-c2cc(Cl)nc(Br)c2)n1. The maximum atomic E-state index is 11.4. The van der Waals surface area contributed by atoms with Crippen molar-refractivity contribution in [1.29, 1.82) is 0 Å². The smallest absolute Gasteiger partial charge is 0.358 e. The van der Waals surface area contributed by atoms with E-state index < -0.39 is 5.97 Å². The fourth-order valence-electron chi connectivity index (χ4n) is 1.32. The Morgan fingerprint density at radius 1 is 1.33 bits per heavy atom. The number of esters is 1. The van der Waals surface area contributed by atoms with E-state index in [1.165, 1.54) is 19.5 Å². The molecule has 2 rings (SSSR count). The summed E-state index contributed by atoms with van der Waals surface area (Å²) in [6.45, 7) is 0. The van der Waals surface area contributed by atoms with Gasteiger partial charge in [0, 0.05) is 5.56 Å². The van der Waals surface area contributed by atoms with Crippen molar-refractivity contribution >= 4 is 33.5 Å². The molecule has 0 spiro atoms. The van der Waals surface area contributed by atoms with E-state index in [4.69, 9.17) is 11.6 Å². The number of pyridine rings is 1. The number of aromatic nitrogens is 3. The van der Waals surface area contributed by atoms with Crippen LogP contribution in [0.4, 0.5) is 0 Å². The highest BCUT2D eigenvalue weighted by Gasteiger charge is 2.10. The molecule has 5 nitrogen and oxygen atoms in total. The Morgan fingerprint density at radius 3 is 2.78 bits per heavy atom. The van der Waals surface area contributed by atoms with Gasteiger partial charge in [0.1, 0.15) is 9.76 Å². The number of halogens is 2. The first-order valence-electron chi connectivity index (χ1n) is 4.84. The molecule has 2 heterocycles. The third kappa shape index (κ3) is 2.83. The summed E-state index contributed by atoms with van der Waals surface area (Å²) in [6, 6.07) is 3.37. The third-order valence-electron chi connectivity index (χ3n) is 2.09. The molecule has 0 aliphatic heterocycles. The number of rotatable bonds is 2. The van der Waals surface area contributed by atoms with E-state index in [0.29, 0.717) is 21.0 Å². The van der Waals surface area contributed by atoms with Crippen LogP contribution in [-0.2, 0) is 4.74 Å². The normalized spacial score (nSPS) is 10.2. The number of hydrogen-bond donors (Lipinski definition) is 0. The molecule has 0 radical (unpaired) electrons. The first-order chi connectivity index (χ1) is 8.60. The molecule has 18 heavy (non-hydrogen) atoms. The molecule has 0 aromatic carbocycles. The van der Waals surface area contributed by atoms with Gasteiger partial charge in [0.25, 0.3) is 0 Å². The number of hydrogen-bond acceptors (Lipinski definition) is 5. The molecule has 0 bridgehead atoms. The minimum atomic E-state index is -0.538. The van der Waals surface area contributed by atoms with Gasteiger partial charge in [-0.2, -0.15) is 0 Å². The maximum Gasteiger partial charge on any atom is 0.358 e. The lowest BCUT2D eigenvalue weighted by atomic mass is 10.2. The van der Waals surface area contributed by atoms with Gasteiger partial charge in [0.05, 0.1) is 25.2 Å². The quantitative estimate of drug-likeness (QED) is 0.626. The average Bonchev–Trinajstić information content (AvgIpc) is 2.37. The van der Waals surface area contributed by atoms with E-state index in [1.807, 2.05) is 0 Å². The molecule has 0 unspecified atom stereocenters. The minimum absolute atomic E-state index is 0.138. The molecule has 2 aromatic rings. The van der Waals surface area contributed by atoms with Gasteiger partial charge in [0.2, 0.25) is 0 Å². The maximum absolute atomic E-state index is 11.4. The van der Waals surface area contributed by atoms with Crippen LogP contribution in [0.3, 0.4) is 0 Å². The topological polar surface area (TPSA) is 65.0 Å². The molecule has 0 fully saturated rings. The van der Waals surface area contributed by atoms with Gasteiger partial charge in [-0.05, 0) is 28.1 Å². The van der Waals surface area contributed by atoms with Gasteiger partial charge >= 0.3 is 5.97 Å². The Labute approximate surface area is 116 Å². The first-order valence-corrected chi connectivity index (χ1v) is 6.01. The van der Waals surface area contributed by atoms with Crippen LogP contribution in [0, 0.1) is 0 Å². The summed E-state index contributed by atoms with van der Waals surface area (Å²) in [6.07, 6.45) is 2.87. The van der Waals surface area contributed by atoms with Crippen LogP contribution in [0.25, 0.3) is 11.3 Å². The average molecular weight is 329 g/mol. The molecule has 0 saturated carbocycles. The lowest BCUT2D eigenvalue weighted by Crippen LogP contribution is -2.05. The number of carbonyl (C=O) groups is 1. The highest BCUT2D eigenvalue weighted by Crippen LogP contribution is 2.23. The van der Waals surface area contributed by atoms with E-state index in [2.05, 4.69) is 35.6 Å². The summed E-state index contributed by atoms with van der Waals surface area (Å²) in [5.74, 6) is -0.538. The lowest BCUT2D eigenvalue weighted by Gasteiger charge is -2.03. The summed E-state index contributed by atoms with van der Waals surface area (Å²) in [5.41, 5.74) is 1.36. The van der Waals surface area contributed by atoms with Crippen molar-refractivity contribution in [2.45, 2.75) is 0 Å². The zero-order valence-electron chi connectivity index (χ0n) is 9.22. The second kappa shape index (κ2) is 5.41. The Hall–Kier alpha value is -1.53. The fourth-order valence-corrected chi connectivity index (χ4v) is 2.07. The Balaban J connectivity index is 2.47. The van der Waals surface area contributed by atoms with Crippen molar-refractivity contribution < 1.29 is 9.53 Å². The minimum Gasteiger partial charge on any atom is -0.464 e. The summed E-state index contributed by atoms with van der Waals surface area (Å²) in [5, 5.41) is 0.324. The lowest BCUT2D eigenvalue weighted by molar-refractivity contribution is 0.0593. The summed E-state index contributed by atoms with van der Waals surface area (Å²) in [4.78, 5) is 23.4. The summed E-state index contributed by atoms with van der Waals surface area (Å²) >= 11 is 9.08. The molecular formula is C11H7BrClN3O2. The van der Waals surface area contributed by atoms with Gasteiger partial charge in [-0.15, -0.1) is 0 Å². The first kappa shape index (κ1) is 12.9. The Kier molecular flexibility index (Phi) is 3.88. The summed E-state index contributed by atoms with van der Waals surface area (Å²) in [7, 11) is 1.29. The van der Waals surface area contributed by atoms with Gasteiger partial charge in [-0.25, -0.2) is 14.8 Å². The van der Waals surface area contributed by atoms with Crippen LogP contribution >= 0.6 is 27.5 Å². The highest BCUT2D eigenvalue weighted by atomic mass is 79.9. The van der Waals surface area contributed by atoms with Gasteiger partial charge in [0.15, 0.2) is 5.69 Å². The number of carbonyl (C=O) groups excluding carboxylic acids is 1. The van der Waals surface area contributed by atoms with Crippen molar-refractivity contribution in [2.75, 3.05) is 7.11 Å². The highest BCUT2D eigenvalue weighted by molar-refractivity contribution is 9.10. The Bertz CT molecular complexity index is 586. The standard InChI is InChI=1S/C11H7BrClN3O2/c1-18-11(17)8-5-14-4-7(15-8)6-2-9(12)16-10(13)3-6/h2-5H,1H3. The molecule has 0 amide bonds. The molecular weight excluding hydrogens is 321 g/mol. The molecule has 0 saturated heterocycles. The summed E-state index contributed by atoms with van der Waals surface area (Å²) < 4.78 is 5.16. The van der Waals surface area contributed by atoms with E-state index in [1.54, 1.807) is 12.1 Å². The third-order valence-corrected chi connectivity index (χ3v) is 2.69. The van der Waals surface area contributed by atoms with Crippen molar-refractivity contribution in [3.8, 4) is 11.3 Å². The molecule has 0 aliphatic rings. The van der Waals surface area contributed by atoms with Crippen LogP contribution in [0.15, 0.2) is 29.1 Å². The molecule has 0 atom stereocenters. The van der Waals surface area contributed by atoms with E-state index in [-0.39, 0.29) is 5.69 Å². The molecule has 92 valence electrons. The van der Waals surface area contributed by atoms with Gasteiger partial charge in [-0.3, -0.25) is 4.98 Å². The molecule has 0 aliphatic carbocycles. The van der Waals surface area contributed by atoms with Crippen molar-refractivity contribution in [3.05, 3.63) is 40.0 Å². The van der Waals surface area contributed by atoms with Crippen molar-refractivity contribution in [3.63, 3.8) is 0 Å². The van der Waals surface area contributed by atoms with E-state index >= 15 is 0 Å². The molecule has 2 aromatic heterocycles. The molecule has 7 heteroatoms. The van der Waals surface area contributed by atoms with Crippen molar-refractivity contribution in [1.82, 2.24) is 15.0 Å². The van der Waals surface area contributed by atoms with Crippen molar-refractivity contribution in [2.24, 2.45) is 0 Å². The fraction of sp³-hybridized carbons (Fsp3) is 0.0909. The van der Waals surface area contributed by atoms with Crippen LogP contribution in [0.2, 0.25) is 5.15 Å². The van der Waals surface area contributed by atoms with E-state index in [0.717, 1.165) is 0 Å². The van der Waals surface area contributed by atoms with Gasteiger partial charge < -0.3 is 4.74 Å².